The third kappa shape index (κ3) is 3.90. The van der Waals surface area contributed by atoms with Gasteiger partial charge in [-0.25, -0.2) is 8.42 Å². The highest BCUT2D eigenvalue weighted by molar-refractivity contribution is 8.02. The van der Waals surface area contributed by atoms with Crippen molar-refractivity contribution < 1.29 is 54.6 Å². The van der Waals surface area contributed by atoms with Crippen LogP contribution < -0.4 is 60.2 Å². The summed E-state index contributed by atoms with van der Waals surface area (Å²) >= 11 is 0. The Balaban J connectivity index is 0.000000376. The van der Waals surface area contributed by atoms with Crippen molar-refractivity contribution in [2.24, 2.45) is 4.52 Å². The first kappa shape index (κ1) is 31.0. The standard InChI is InChI=1S/C36H18NO6P2.CHF3O3S/c1-7-19-31-20(8-1)39-22-10-3-12-24-33(22)44(31,32-21(38-19)9-2-11-23(32)40-24)37-45-34-25-13-4-14-26(34)42-28-16-6-18-30(36(28)45)43-29-17-5-15-27(41-25)35(29)45;2-1(3,4)8(5,6)7/h1-18H;(H,5,6,7)/q+1;/p-1. The van der Waals surface area contributed by atoms with Gasteiger partial charge in [0.05, 0.1) is 15.9 Å². The Morgan fingerprint density at radius 3 is 0.906 bits per heavy atom. The quantitative estimate of drug-likeness (QED) is 0.0936. The number of rotatable bonds is 1. The van der Waals surface area contributed by atoms with E-state index in [0.29, 0.717) is 0 Å². The molecule has 6 aliphatic rings. The molecule has 0 bridgehead atoms. The van der Waals surface area contributed by atoms with E-state index < -0.39 is 30.1 Å². The summed E-state index contributed by atoms with van der Waals surface area (Å²) in [6.45, 7) is 0. The van der Waals surface area contributed by atoms with E-state index in [1.54, 1.807) is 0 Å². The van der Waals surface area contributed by atoms with E-state index in [1.807, 2.05) is 109 Å². The third-order valence-corrected chi connectivity index (χ3v) is 18.8. The molecule has 53 heavy (non-hydrogen) atoms. The molecule has 0 unspecified atom stereocenters. The molecule has 6 aromatic carbocycles. The molecule has 0 amide bonds. The minimum atomic E-state index is -6.09. The molecule has 0 aromatic heterocycles. The molecule has 0 aliphatic carbocycles. The second-order valence-corrected chi connectivity index (χ2v) is 19.8. The van der Waals surface area contributed by atoms with Crippen LogP contribution in [-0.4, -0.2) is 18.5 Å². The Morgan fingerprint density at radius 2 is 0.679 bits per heavy atom. The van der Waals surface area contributed by atoms with Crippen LogP contribution in [0.25, 0.3) is 0 Å². The van der Waals surface area contributed by atoms with E-state index in [2.05, 4.69) is 0 Å². The number of nitrogens with zero attached hydrogens (tertiary/aromatic N) is 1. The van der Waals surface area contributed by atoms with Crippen LogP contribution in [0.2, 0.25) is 0 Å². The second kappa shape index (κ2) is 10.1. The molecule has 0 saturated heterocycles. The summed E-state index contributed by atoms with van der Waals surface area (Å²) in [4.78, 5) is 0. The fourth-order valence-corrected chi connectivity index (χ4v) is 18.1. The molecule has 0 radical (unpaired) electrons. The molecule has 6 aromatic rings. The Bertz CT molecular complexity index is 2470. The lowest BCUT2D eigenvalue weighted by Gasteiger charge is -2.44. The Hall–Kier alpha value is -5.52. The maximum absolute atomic E-state index is 10.7. The van der Waals surface area contributed by atoms with Gasteiger partial charge in [0.1, 0.15) is 41.6 Å². The fraction of sp³-hybridized carbons (Fsp3) is 0.0270. The van der Waals surface area contributed by atoms with Crippen LogP contribution in [0.4, 0.5) is 13.2 Å². The maximum Gasteiger partial charge on any atom is 0.485 e. The van der Waals surface area contributed by atoms with E-state index in [4.69, 9.17) is 45.9 Å². The first-order chi connectivity index (χ1) is 25.5. The Morgan fingerprint density at radius 1 is 0.472 bits per heavy atom. The molecular formula is C37H18F3NO9P2S. The number of alkyl halides is 3. The normalized spacial score (nSPS) is 16.5. The lowest BCUT2D eigenvalue weighted by Crippen LogP contribution is -2.44. The number of hydrogen-bond donors (Lipinski definition) is 0. The van der Waals surface area contributed by atoms with Crippen LogP contribution in [0.3, 0.4) is 0 Å². The molecule has 6 aliphatic heterocycles. The van der Waals surface area contributed by atoms with Crippen molar-refractivity contribution >= 4 is 56.4 Å². The van der Waals surface area contributed by atoms with Crippen molar-refractivity contribution in [2.45, 2.75) is 5.51 Å². The number of halogens is 3. The van der Waals surface area contributed by atoms with Gasteiger partial charge in [0, 0.05) is 0 Å². The van der Waals surface area contributed by atoms with Crippen LogP contribution >= 0.6 is 14.5 Å². The van der Waals surface area contributed by atoms with Crippen LogP contribution in [0.15, 0.2) is 114 Å². The molecule has 6 heterocycles. The zero-order valence-corrected chi connectivity index (χ0v) is 29.1. The van der Waals surface area contributed by atoms with Gasteiger partial charge in [-0.15, -0.1) is 4.52 Å². The highest BCUT2D eigenvalue weighted by Crippen LogP contribution is 2.79. The summed E-state index contributed by atoms with van der Waals surface area (Å²) in [5.74, 6) is 9.00. The minimum absolute atomic E-state index is 0.750. The van der Waals surface area contributed by atoms with Crippen molar-refractivity contribution in [1.29, 1.82) is 0 Å². The van der Waals surface area contributed by atoms with Crippen molar-refractivity contribution in [3.05, 3.63) is 109 Å². The zero-order valence-electron chi connectivity index (χ0n) is 26.5. The van der Waals surface area contributed by atoms with Gasteiger partial charge in [0.2, 0.25) is 15.9 Å². The van der Waals surface area contributed by atoms with Crippen molar-refractivity contribution in [3.8, 4) is 69.0 Å². The summed E-state index contributed by atoms with van der Waals surface area (Å²) in [7, 11) is -11.9. The molecule has 0 saturated carbocycles. The van der Waals surface area contributed by atoms with Gasteiger partial charge in [-0.3, -0.25) is 0 Å². The van der Waals surface area contributed by atoms with E-state index in [1.165, 1.54) is 0 Å². The summed E-state index contributed by atoms with van der Waals surface area (Å²) in [6.07, 6.45) is 0. The number of hydrogen-bond acceptors (Lipinski definition) is 10. The van der Waals surface area contributed by atoms with Crippen molar-refractivity contribution in [1.82, 2.24) is 0 Å². The number of benzene rings is 6. The van der Waals surface area contributed by atoms with E-state index in [9.17, 15) is 13.2 Å². The lowest BCUT2D eigenvalue weighted by atomic mass is 10.2. The lowest BCUT2D eigenvalue weighted by molar-refractivity contribution is -0.0517. The van der Waals surface area contributed by atoms with Crippen LogP contribution in [0.5, 0.6) is 69.0 Å². The van der Waals surface area contributed by atoms with Gasteiger partial charge in [-0.2, -0.15) is 13.2 Å². The molecule has 12 rings (SSSR count). The van der Waals surface area contributed by atoms with Crippen LogP contribution in [0, 0.1) is 0 Å². The average Bonchev–Trinajstić information content (AvgIpc) is 3.11. The maximum atomic E-state index is 10.7. The molecule has 0 atom stereocenters. The van der Waals surface area contributed by atoms with E-state index in [0.717, 1.165) is 101 Å². The Labute approximate surface area is 298 Å². The first-order valence-corrected chi connectivity index (χ1v) is 20.8. The molecule has 0 spiro atoms. The topological polar surface area (TPSA) is 125 Å². The second-order valence-electron chi connectivity index (χ2n) is 12.5. The first-order valence-electron chi connectivity index (χ1n) is 15.9. The van der Waals surface area contributed by atoms with Crippen molar-refractivity contribution in [2.75, 3.05) is 0 Å². The fourth-order valence-electron chi connectivity index (χ4n) is 7.77. The molecule has 0 N–H and O–H groups in total. The average molecular weight is 772 g/mol. The highest BCUT2D eigenvalue weighted by Gasteiger charge is 2.67. The van der Waals surface area contributed by atoms with Gasteiger partial charge in [0.25, 0.3) is 7.41 Å². The van der Waals surface area contributed by atoms with Gasteiger partial charge < -0.3 is 33.0 Å². The van der Waals surface area contributed by atoms with Gasteiger partial charge in [-0.1, -0.05) is 36.4 Å². The summed E-state index contributed by atoms with van der Waals surface area (Å²) < 4.78 is 105. The van der Waals surface area contributed by atoms with Crippen LogP contribution in [-0.2, 0) is 10.1 Å². The van der Waals surface area contributed by atoms with Gasteiger partial charge in [-0.05, 0) is 72.8 Å². The van der Waals surface area contributed by atoms with Gasteiger partial charge in [0.15, 0.2) is 44.6 Å². The molecule has 16 heteroatoms. The summed E-state index contributed by atoms with van der Waals surface area (Å²) in [6, 6.07) is 36.2. The van der Waals surface area contributed by atoms with Gasteiger partial charge >= 0.3 is 5.51 Å². The monoisotopic (exact) mass is 771 g/mol. The highest BCUT2D eigenvalue weighted by atomic mass is 32.2. The number of ether oxygens (including phenoxy) is 6. The smallest absolute Gasteiger partial charge is 0.485 e. The molecule has 0 fully saturated rings. The summed E-state index contributed by atoms with van der Waals surface area (Å²) in [5.41, 5.74) is -5.65. The third-order valence-electron chi connectivity index (χ3n) is 9.58. The predicted molar refractivity (Wildman–Crippen MR) is 189 cm³/mol. The summed E-state index contributed by atoms with van der Waals surface area (Å²) in [5, 5.41) is 5.83. The Kier molecular flexibility index (Phi) is 5.93. The molecule has 262 valence electrons. The SMILES string of the molecule is O=S(=O)([O-])C(F)(F)F.c1cc2c3c(c1)Oc1cccc4c1P3(=N[P+]13c5c6cccc5Oc5cccc(c51)Oc1cccc(c13)O6)c1c(cccc1O4)O2. The predicted octanol–water partition coefficient (Wildman–Crippen LogP) is 7.76. The zero-order chi connectivity index (χ0) is 36.1. The molecule has 10 nitrogen and oxygen atoms in total. The van der Waals surface area contributed by atoms with Crippen LogP contribution in [0.1, 0.15) is 0 Å². The van der Waals surface area contributed by atoms with Crippen molar-refractivity contribution in [3.63, 3.8) is 0 Å². The van der Waals surface area contributed by atoms with E-state index >= 15 is 0 Å². The largest absolute Gasteiger partial charge is 0.741 e. The molecular weight excluding hydrogens is 753 g/mol. The minimum Gasteiger partial charge on any atom is -0.741 e. The van der Waals surface area contributed by atoms with E-state index in [-0.39, 0.29) is 0 Å².